The summed E-state index contributed by atoms with van der Waals surface area (Å²) in [5.74, 6) is 0. The normalized spacial score (nSPS) is 18.6. The molecule has 1 aliphatic rings. The van der Waals surface area contributed by atoms with Gasteiger partial charge in [0.25, 0.3) is 0 Å². The standard InChI is InChI=1S/C13H19NOS/c1-16-12-6-4-11(5-7-12)14-10-13(15)8-2-3-9-13/h4-7,14-15H,2-3,8-10H2,1H3. The number of hydrogen-bond donors (Lipinski definition) is 2. The van der Waals surface area contributed by atoms with Gasteiger partial charge in [0, 0.05) is 17.1 Å². The van der Waals surface area contributed by atoms with E-state index in [1.165, 1.54) is 4.90 Å². The zero-order valence-electron chi connectivity index (χ0n) is 9.70. The first-order valence-corrected chi connectivity index (χ1v) is 7.05. The number of rotatable bonds is 4. The number of hydrogen-bond acceptors (Lipinski definition) is 3. The molecular weight excluding hydrogens is 218 g/mol. The van der Waals surface area contributed by atoms with Gasteiger partial charge in [-0.2, -0.15) is 0 Å². The molecule has 1 aliphatic carbocycles. The quantitative estimate of drug-likeness (QED) is 0.789. The second kappa shape index (κ2) is 5.11. The van der Waals surface area contributed by atoms with Crippen LogP contribution >= 0.6 is 11.8 Å². The van der Waals surface area contributed by atoms with Crippen LogP contribution < -0.4 is 5.32 Å². The predicted octanol–water partition coefficient (Wildman–Crippen LogP) is 3.13. The lowest BCUT2D eigenvalue weighted by atomic mass is 10.0. The fourth-order valence-electron chi connectivity index (χ4n) is 2.19. The number of aliphatic hydroxyl groups is 1. The van der Waals surface area contributed by atoms with Crippen molar-refractivity contribution < 1.29 is 5.11 Å². The van der Waals surface area contributed by atoms with Gasteiger partial charge in [-0.05, 0) is 43.4 Å². The molecule has 0 atom stereocenters. The molecule has 2 nitrogen and oxygen atoms in total. The summed E-state index contributed by atoms with van der Waals surface area (Å²) in [5, 5.41) is 13.5. The van der Waals surface area contributed by atoms with Crippen molar-refractivity contribution in [1.82, 2.24) is 0 Å². The summed E-state index contributed by atoms with van der Waals surface area (Å²) in [4.78, 5) is 1.27. The number of thioether (sulfide) groups is 1. The van der Waals surface area contributed by atoms with Crippen LogP contribution in [0, 0.1) is 0 Å². The Morgan fingerprint density at radius 3 is 2.44 bits per heavy atom. The maximum absolute atomic E-state index is 10.2. The van der Waals surface area contributed by atoms with Crippen LogP contribution in [0.25, 0.3) is 0 Å². The van der Waals surface area contributed by atoms with E-state index in [1.54, 1.807) is 11.8 Å². The molecule has 1 aromatic carbocycles. The van der Waals surface area contributed by atoms with Gasteiger partial charge in [0.05, 0.1) is 5.60 Å². The molecule has 0 unspecified atom stereocenters. The Hall–Kier alpha value is -0.670. The Morgan fingerprint density at radius 2 is 1.88 bits per heavy atom. The van der Waals surface area contributed by atoms with E-state index in [4.69, 9.17) is 0 Å². The largest absolute Gasteiger partial charge is 0.388 e. The zero-order chi connectivity index (χ0) is 11.4. The van der Waals surface area contributed by atoms with Crippen LogP contribution in [0.5, 0.6) is 0 Å². The van der Waals surface area contributed by atoms with Crippen LogP contribution in [-0.2, 0) is 0 Å². The summed E-state index contributed by atoms with van der Waals surface area (Å²) in [5.41, 5.74) is 0.621. The Morgan fingerprint density at radius 1 is 1.25 bits per heavy atom. The third kappa shape index (κ3) is 2.92. The molecule has 0 aromatic heterocycles. The number of benzene rings is 1. The van der Waals surface area contributed by atoms with Crippen molar-refractivity contribution >= 4 is 17.4 Å². The Kier molecular flexibility index (Phi) is 3.77. The van der Waals surface area contributed by atoms with Gasteiger partial charge in [-0.15, -0.1) is 11.8 Å². The van der Waals surface area contributed by atoms with Crippen molar-refractivity contribution in [1.29, 1.82) is 0 Å². The molecular formula is C13H19NOS. The Bertz CT molecular complexity index is 330. The Balaban J connectivity index is 1.89. The average molecular weight is 237 g/mol. The third-order valence-corrected chi connectivity index (χ3v) is 3.99. The monoisotopic (exact) mass is 237 g/mol. The summed E-state index contributed by atoms with van der Waals surface area (Å²) >= 11 is 1.74. The summed E-state index contributed by atoms with van der Waals surface area (Å²) in [6.07, 6.45) is 6.25. The predicted molar refractivity (Wildman–Crippen MR) is 70.1 cm³/mol. The highest BCUT2D eigenvalue weighted by atomic mass is 32.2. The number of anilines is 1. The number of nitrogens with one attached hydrogen (secondary N) is 1. The molecule has 88 valence electrons. The molecule has 2 N–H and O–H groups in total. The van der Waals surface area contributed by atoms with E-state index in [1.807, 2.05) is 0 Å². The van der Waals surface area contributed by atoms with Gasteiger partial charge in [0.2, 0.25) is 0 Å². The van der Waals surface area contributed by atoms with Crippen molar-refractivity contribution in [2.24, 2.45) is 0 Å². The minimum absolute atomic E-state index is 0.474. The van der Waals surface area contributed by atoms with Gasteiger partial charge in [-0.25, -0.2) is 0 Å². The summed E-state index contributed by atoms with van der Waals surface area (Å²) in [6.45, 7) is 0.672. The molecule has 1 aromatic rings. The lowest BCUT2D eigenvalue weighted by Gasteiger charge is -2.23. The molecule has 1 saturated carbocycles. The molecule has 1 fully saturated rings. The van der Waals surface area contributed by atoms with Crippen LogP contribution in [0.2, 0.25) is 0 Å². The molecule has 0 amide bonds. The van der Waals surface area contributed by atoms with Crippen molar-refractivity contribution in [2.75, 3.05) is 18.1 Å². The highest BCUT2D eigenvalue weighted by molar-refractivity contribution is 7.98. The molecule has 16 heavy (non-hydrogen) atoms. The molecule has 0 spiro atoms. The second-order valence-corrected chi connectivity index (χ2v) is 5.39. The fraction of sp³-hybridized carbons (Fsp3) is 0.538. The van der Waals surface area contributed by atoms with E-state index < -0.39 is 5.60 Å². The van der Waals surface area contributed by atoms with Crippen molar-refractivity contribution in [3.63, 3.8) is 0 Å². The van der Waals surface area contributed by atoms with Crippen LogP contribution in [0.15, 0.2) is 29.2 Å². The maximum atomic E-state index is 10.2. The summed E-state index contributed by atoms with van der Waals surface area (Å²) in [7, 11) is 0. The fourth-order valence-corrected chi connectivity index (χ4v) is 2.59. The van der Waals surface area contributed by atoms with Gasteiger partial charge in [0.1, 0.15) is 0 Å². The van der Waals surface area contributed by atoms with E-state index in [-0.39, 0.29) is 0 Å². The smallest absolute Gasteiger partial charge is 0.0819 e. The van der Waals surface area contributed by atoms with E-state index in [0.717, 1.165) is 31.4 Å². The topological polar surface area (TPSA) is 32.3 Å². The molecule has 0 saturated heterocycles. The van der Waals surface area contributed by atoms with Gasteiger partial charge in [-0.3, -0.25) is 0 Å². The minimum Gasteiger partial charge on any atom is -0.388 e. The van der Waals surface area contributed by atoms with Crippen molar-refractivity contribution in [3.05, 3.63) is 24.3 Å². The van der Waals surface area contributed by atoms with Gasteiger partial charge < -0.3 is 10.4 Å². The molecule has 0 heterocycles. The summed E-state index contributed by atoms with van der Waals surface area (Å²) < 4.78 is 0. The van der Waals surface area contributed by atoms with Crippen LogP contribution in [0.4, 0.5) is 5.69 Å². The molecule has 3 heteroatoms. The Labute approximate surface area is 101 Å². The first kappa shape index (κ1) is 11.8. The van der Waals surface area contributed by atoms with Crippen molar-refractivity contribution in [2.45, 2.75) is 36.2 Å². The lowest BCUT2D eigenvalue weighted by molar-refractivity contribution is 0.0615. The minimum atomic E-state index is -0.474. The highest BCUT2D eigenvalue weighted by Crippen LogP contribution is 2.29. The van der Waals surface area contributed by atoms with Gasteiger partial charge in [-0.1, -0.05) is 12.8 Å². The van der Waals surface area contributed by atoms with E-state index >= 15 is 0 Å². The second-order valence-electron chi connectivity index (χ2n) is 4.51. The van der Waals surface area contributed by atoms with E-state index in [2.05, 4.69) is 35.8 Å². The SMILES string of the molecule is CSc1ccc(NCC2(O)CCCC2)cc1. The van der Waals surface area contributed by atoms with E-state index in [0.29, 0.717) is 6.54 Å². The van der Waals surface area contributed by atoms with Gasteiger partial charge in [0.15, 0.2) is 0 Å². The molecule has 2 rings (SSSR count). The first-order valence-electron chi connectivity index (χ1n) is 5.82. The van der Waals surface area contributed by atoms with Gasteiger partial charge >= 0.3 is 0 Å². The molecule has 0 aliphatic heterocycles. The maximum Gasteiger partial charge on any atom is 0.0819 e. The van der Waals surface area contributed by atoms with Crippen LogP contribution in [0.1, 0.15) is 25.7 Å². The zero-order valence-corrected chi connectivity index (χ0v) is 10.5. The average Bonchev–Trinajstić information content (AvgIpc) is 2.75. The third-order valence-electron chi connectivity index (χ3n) is 3.25. The molecule has 0 radical (unpaired) electrons. The van der Waals surface area contributed by atoms with E-state index in [9.17, 15) is 5.11 Å². The molecule has 0 bridgehead atoms. The van der Waals surface area contributed by atoms with Crippen LogP contribution in [-0.4, -0.2) is 23.5 Å². The lowest BCUT2D eigenvalue weighted by Crippen LogP contribution is -2.33. The first-order chi connectivity index (χ1) is 7.72. The summed E-state index contributed by atoms with van der Waals surface area (Å²) in [6, 6.07) is 8.35. The van der Waals surface area contributed by atoms with Crippen LogP contribution in [0.3, 0.4) is 0 Å². The highest BCUT2D eigenvalue weighted by Gasteiger charge is 2.30. The van der Waals surface area contributed by atoms with Crippen molar-refractivity contribution in [3.8, 4) is 0 Å².